The lowest BCUT2D eigenvalue weighted by Gasteiger charge is -2.32. The Morgan fingerprint density at radius 1 is 1.14 bits per heavy atom. The standard InChI is InChI=1S/C37H55N5O/c1-8-12-13-17-33-28-32(22-25-35(33)41-37(38-11-4)39-26-14-15-27-42(6)7)31-20-23-34(24-21-31)40-36(43)29(5)18-19-30(10-3)16-9-2/h8,10-13,18-21,23-24,32-33,37-39H,1,3-4,9,14-17,22,25-28H2,2,5-7H3,(H,40,43)/b13-12-,29-18+,30-19+,41-35?/t32?,33-,37?/m1/s1. The van der Waals surface area contributed by atoms with Crippen LogP contribution in [-0.4, -0.2) is 50.0 Å². The Kier molecular flexibility index (Phi) is 17.0. The zero-order valence-electron chi connectivity index (χ0n) is 27.1. The van der Waals surface area contributed by atoms with Crippen molar-refractivity contribution in [3.63, 3.8) is 0 Å². The topological polar surface area (TPSA) is 68.8 Å². The van der Waals surface area contributed by atoms with Crippen molar-refractivity contribution in [1.29, 1.82) is 0 Å². The fourth-order valence-corrected chi connectivity index (χ4v) is 5.30. The molecule has 6 heteroatoms. The largest absolute Gasteiger partial charge is 0.358 e. The van der Waals surface area contributed by atoms with Crippen LogP contribution in [0.4, 0.5) is 5.69 Å². The number of nitrogens with one attached hydrogen (secondary N) is 3. The van der Waals surface area contributed by atoms with Crippen LogP contribution in [0.3, 0.4) is 0 Å². The second-order valence-corrected chi connectivity index (χ2v) is 11.5. The minimum absolute atomic E-state index is 0.0921. The molecule has 0 heterocycles. The molecule has 2 rings (SSSR count). The van der Waals surface area contributed by atoms with Gasteiger partial charge in [0.1, 0.15) is 0 Å². The number of carbonyl (C=O) groups is 1. The molecular formula is C37H55N5O. The fraction of sp³-hybridized carbons (Fsp3) is 0.459. The Hall–Kier alpha value is -3.48. The van der Waals surface area contributed by atoms with Crippen LogP contribution in [0.25, 0.3) is 0 Å². The van der Waals surface area contributed by atoms with Crippen molar-refractivity contribution in [2.24, 2.45) is 10.9 Å². The highest BCUT2D eigenvalue weighted by Crippen LogP contribution is 2.37. The van der Waals surface area contributed by atoms with E-state index in [1.54, 1.807) is 6.20 Å². The Morgan fingerprint density at radius 3 is 2.56 bits per heavy atom. The highest BCUT2D eigenvalue weighted by Gasteiger charge is 2.28. The van der Waals surface area contributed by atoms with Gasteiger partial charge >= 0.3 is 0 Å². The number of benzene rings is 1. The second-order valence-electron chi connectivity index (χ2n) is 11.5. The van der Waals surface area contributed by atoms with E-state index in [4.69, 9.17) is 4.99 Å². The SMILES string of the molecule is C=C/C=C\C[C@@H]1CC(c2ccc(NC(=O)/C(C)=C/C=C(\C=C)CCC)cc2)CCC1=NC(NC=C)NCCCCN(C)C. The van der Waals surface area contributed by atoms with Gasteiger partial charge in [-0.05, 0) is 114 Å². The summed E-state index contributed by atoms with van der Waals surface area (Å²) in [7, 11) is 4.22. The first-order chi connectivity index (χ1) is 20.8. The molecule has 0 aromatic heterocycles. The lowest BCUT2D eigenvalue weighted by Crippen LogP contribution is -2.40. The number of unbranched alkanes of at least 4 members (excludes halogenated alkanes) is 1. The summed E-state index contributed by atoms with van der Waals surface area (Å²) in [6, 6.07) is 8.35. The summed E-state index contributed by atoms with van der Waals surface area (Å²) in [4.78, 5) is 20.1. The first kappa shape index (κ1) is 35.7. The predicted octanol–water partition coefficient (Wildman–Crippen LogP) is 7.89. The monoisotopic (exact) mass is 585 g/mol. The molecule has 1 aromatic rings. The Labute approximate surface area is 261 Å². The number of aliphatic imine (C=N–C) groups is 1. The number of nitrogens with zero attached hydrogens (tertiary/aromatic N) is 2. The molecule has 0 bridgehead atoms. The normalized spacial score (nSPS) is 19.4. The Morgan fingerprint density at radius 2 is 1.91 bits per heavy atom. The van der Waals surface area contributed by atoms with Crippen molar-refractivity contribution in [3.8, 4) is 0 Å². The summed E-state index contributed by atoms with van der Waals surface area (Å²) in [5.74, 6) is 0.705. The fourth-order valence-electron chi connectivity index (χ4n) is 5.30. The van der Waals surface area contributed by atoms with E-state index in [2.05, 4.69) is 79.8 Å². The van der Waals surface area contributed by atoms with E-state index in [0.29, 0.717) is 17.4 Å². The van der Waals surface area contributed by atoms with Crippen LogP contribution in [0.2, 0.25) is 0 Å². The van der Waals surface area contributed by atoms with Crippen molar-refractivity contribution in [1.82, 2.24) is 15.5 Å². The van der Waals surface area contributed by atoms with E-state index in [-0.39, 0.29) is 12.2 Å². The first-order valence-electron chi connectivity index (χ1n) is 15.8. The maximum atomic E-state index is 12.7. The number of amides is 1. The lowest BCUT2D eigenvalue weighted by atomic mass is 9.75. The molecule has 3 atom stereocenters. The van der Waals surface area contributed by atoms with Crippen LogP contribution >= 0.6 is 0 Å². The van der Waals surface area contributed by atoms with Gasteiger partial charge in [-0.2, -0.15) is 0 Å². The predicted molar refractivity (Wildman–Crippen MR) is 186 cm³/mol. The Bertz CT molecular complexity index is 1140. The third-order valence-corrected chi connectivity index (χ3v) is 7.77. The first-order valence-corrected chi connectivity index (χ1v) is 15.8. The van der Waals surface area contributed by atoms with Crippen LogP contribution in [0, 0.1) is 5.92 Å². The van der Waals surface area contributed by atoms with Crippen LogP contribution in [0.1, 0.15) is 76.7 Å². The van der Waals surface area contributed by atoms with Gasteiger partial charge in [0, 0.05) is 22.9 Å². The van der Waals surface area contributed by atoms with Gasteiger partial charge < -0.3 is 15.5 Å². The van der Waals surface area contributed by atoms with E-state index >= 15 is 0 Å². The van der Waals surface area contributed by atoms with Crippen LogP contribution in [0.5, 0.6) is 0 Å². The van der Waals surface area contributed by atoms with Crippen molar-refractivity contribution < 1.29 is 4.79 Å². The smallest absolute Gasteiger partial charge is 0.251 e. The van der Waals surface area contributed by atoms with Gasteiger partial charge in [0.25, 0.3) is 5.91 Å². The number of carbonyl (C=O) groups excluding carboxylic acids is 1. The van der Waals surface area contributed by atoms with E-state index in [1.807, 2.05) is 49.4 Å². The zero-order valence-corrected chi connectivity index (χ0v) is 27.1. The number of allylic oxidation sites excluding steroid dienone is 7. The van der Waals surface area contributed by atoms with Crippen molar-refractivity contribution >= 4 is 17.3 Å². The molecule has 2 unspecified atom stereocenters. The van der Waals surface area contributed by atoms with E-state index in [0.717, 1.165) is 75.7 Å². The summed E-state index contributed by atoms with van der Waals surface area (Å²) >= 11 is 0. The summed E-state index contributed by atoms with van der Waals surface area (Å²) < 4.78 is 0. The summed E-state index contributed by atoms with van der Waals surface area (Å²) in [6.07, 6.45) is 21.5. The van der Waals surface area contributed by atoms with E-state index in [1.165, 1.54) is 11.3 Å². The molecule has 1 saturated carbocycles. The van der Waals surface area contributed by atoms with Gasteiger partial charge in [0.2, 0.25) is 0 Å². The highest BCUT2D eigenvalue weighted by atomic mass is 16.1. The molecule has 1 aliphatic rings. The second kappa shape index (κ2) is 20.4. The molecular weight excluding hydrogens is 530 g/mol. The van der Waals surface area contributed by atoms with Gasteiger partial charge in [-0.3, -0.25) is 15.1 Å². The van der Waals surface area contributed by atoms with Crippen molar-refractivity contribution in [2.45, 2.75) is 77.4 Å². The maximum absolute atomic E-state index is 12.7. The minimum atomic E-state index is -0.166. The highest BCUT2D eigenvalue weighted by molar-refractivity contribution is 6.03. The van der Waals surface area contributed by atoms with Crippen molar-refractivity contribution in [3.05, 3.63) is 103 Å². The van der Waals surface area contributed by atoms with Crippen molar-refractivity contribution in [2.75, 3.05) is 32.5 Å². The number of hydrogen-bond acceptors (Lipinski definition) is 5. The van der Waals surface area contributed by atoms with E-state index in [9.17, 15) is 4.79 Å². The van der Waals surface area contributed by atoms with Gasteiger partial charge in [0.15, 0.2) is 6.29 Å². The number of rotatable bonds is 19. The summed E-state index contributed by atoms with van der Waals surface area (Å²) in [5.41, 5.74) is 5.17. The molecule has 43 heavy (non-hydrogen) atoms. The zero-order chi connectivity index (χ0) is 31.5. The number of anilines is 1. The van der Waals surface area contributed by atoms with Crippen LogP contribution < -0.4 is 16.0 Å². The molecule has 234 valence electrons. The molecule has 0 spiro atoms. The average Bonchev–Trinajstić information content (AvgIpc) is 3.00. The molecule has 0 radical (unpaired) electrons. The molecule has 1 aliphatic carbocycles. The molecule has 1 amide bonds. The van der Waals surface area contributed by atoms with Gasteiger partial charge in [-0.15, -0.1) is 0 Å². The average molecular weight is 586 g/mol. The third-order valence-electron chi connectivity index (χ3n) is 7.77. The molecule has 0 aliphatic heterocycles. The summed E-state index contributed by atoms with van der Waals surface area (Å²) in [6.45, 7) is 17.5. The quantitative estimate of drug-likeness (QED) is 0.0668. The van der Waals surface area contributed by atoms with Gasteiger partial charge in [0.05, 0.1) is 0 Å². The molecule has 3 N–H and O–H groups in total. The molecule has 1 aromatic carbocycles. The van der Waals surface area contributed by atoms with Crippen LogP contribution in [0.15, 0.2) is 103 Å². The number of hydrogen-bond donors (Lipinski definition) is 3. The summed E-state index contributed by atoms with van der Waals surface area (Å²) in [5, 5.41) is 9.88. The maximum Gasteiger partial charge on any atom is 0.251 e. The van der Waals surface area contributed by atoms with Crippen LogP contribution in [-0.2, 0) is 4.79 Å². The third kappa shape index (κ3) is 13.6. The van der Waals surface area contributed by atoms with Gasteiger partial charge in [-0.25, -0.2) is 0 Å². The van der Waals surface area contributed by atoms with Gasteiger partial charge in [-0.1, -0.05) is 81.7 Å². The minimum Gasteiger partial charge on any atom is -0.358 e. The lowest BCUT2D eigenvalue weighted by molar-refractivity contribution is -0.112. The molecule has 0 saturated heterocycles. The molecule has 1 fully saturated rings. The Balaban J connectivity index is 2.08. The molecule has 6 nitrogen and oxygen atoms in total. The van der Waals surface area contributed by atoms with E-state index < -0.39 is 0 Å².